The third-order valence-electron chi connectivity index (χ3n) is 2.49. The highest BCUT2D eigenvalue weighted by molar-refractivity contribution is 7.18. The SMILES string of the molecule is Clc1ccccc1Cc1nc2c(Cl)ncnc2s1. The summed E-state index contributed by atoms with van der Waals surface area (Å²) in [6.07, 6.45) is 2.12. The van der Waals surface area contributed by atoms with Crippen molar-refractivity contribution in [1.82, 2.24) is 15.0 Å². The second kappa shape index (κ2) is 4.80. The topological polar surface area (TPSA) is 38.7 Å². The van der Waals surface area contributed by atoms with Crippen molar-refractivity contribution < 1.29 is 0 Å². The van der Waals surface area contributed by atoms with Crippen LogP contribution >= 0.6 is 34.5 Å². The maximum absolute atomic E-state index is 6.13. The number of hydrogen-bond acceptors (Lipinski definition) is 4. The maximum atomic E-state index is 6.13. The van der Waals surface area contributed by atoms with Crippen LogP contribution in [0.25, 0.3) is 10.3 Å². The fraction of sp³-hybridized carbons (Fsp3) is 0.0833. The highest BCUT2D eigenvalue weighted by Crippen LogP contribution is 2.27. The number of benzene rings is 1. The lowest BCUT2D eigenvalue weighted by Gasteiger charge is -1.99. The second-order valence-electron chi connectivity index (χ2n) is 3.69. The number of nitrogens with zero attached hydrogens (tertiary/aromatic N) is 3. The van der Waals surface area contributed by atoms with E-state index in [1.165, 1.54) is 17.7 Å². The van der Waals surface area contributed by atoms with Gasteiger partial charge in [-0.05, 0) is 11.6 Å². The summed E-state index contributed by atoms with van der Waals surface area (Å²) in [6, 6.07) is 7.73. The van der Waals surface area contributed by atoms with Crippen molar-refractivity contribution in [3.63, 3.8) is 0 Å². The van der Waals surface area contributed by atoms with E-state index in [1.54, 1.807) is 0 Å². The Bertz CT molecular complexity index is 711. The molecule has 0 aliphatic carbocycles. The largest absolute Gasteiger partial charge is 0.236 e. The minimum Gasteiger partial charge on any atom is -0.236 e. The van der Waals surface area contributed by atoms with Crippen LogP contribution in [-0.2, 0) is 6.42 Å². The van der Waals surface area contributed by atoms with Crippen LogP contribution in [0, 0.1) is 0 Å². The van der Waals surface area contributed by atoms with Gasteiger partial charge >= 0.3 is 0 Å². The van der Waals surface area contributed by atoms with Gasteiger partial charge in [-0.15, -0.1) is 0 Å². The minimum atomic E-state index is 0.390. The summed E-state index contributed by atoms with van der Waals surface area (Å²) in [5.74, 6) is 0. The zero-order valence-corrected chi connectivity index (χ0v) is 11.4. The van der Waals surface area contributed by atoms with Crippen LogP contribution in [0.1, 0.15) is 10.6 Å². The molecule has 0 aliphatic heterocycles. The molecule has 0 unspecified atom stereocenters. The van der Waals surface area contributed by atoms with Gasteiger partial charge < -0.3 is 0 Å². The zero-order valence-electron chi connectivity index (χ0n) is 9.10. The van der Waals surface area contributed by atoms with E-state index < -0.39 is 0 Å². The van der Waals surface area contributed by atoms with Crippen LogP contribution in [0.5, 0.6) is 0 Å². The molecule has 0 amide bonds. The first kappa shape index (κ1) is 11.8. The van der Waals surface area contributed by atoms with E-state index in [0.29, 0.717) is 17.1 Å². The average Bonchev–Trinajstić information content (AvgIpc) is 2.76. The molecule has 2 aromatic heterocycles. The van der Waals surface area contributed by atoms with Crippen LogP contribution in [-0.4, -0.2) is 15.0 Å². The maximum Gasteiger partial charge on any atom is 0.159 e. The molecule has 3 rings (SSSR count). The second-order valence-corrected chi connectivity index (χ2v) is 5.52. The van der Waals surface area contributed by atoms with Gasteiger partial charge in [0.25, 0.3) is 0 Å². The van der Waals surface area contributed by atoms with Crippen molar-refractivity contribution in [2.75, 3.05) is 0 Å². The molecular formula is C12H7Cl2N3S. The third kappa shape index (κ3) is 2.19. The Morgan fingerprint density at radius 3 is 2.72 bits per heavy atom. The summed E-state index contributed by atoms with van der Waals surface area (Å²) in [6.45, 7) is 0. The molecular weight excluding hydrogens is 289 g/mol. The van der Waals surface area contributed by atoms with Gasteiger partial charge in [0.1, 0.15) is 21.7 Å². The van der Waals surface area contributed by atoms with E-state index in [1.807, 2.05) is 24.3 Å². The molecule has 6 heteroatoms. The lowest BCUT2D eigenvalue weighted by molar-refractivity contribution is 1.14. The Labute approximate surface area is 117 Å². The molecule has 0 N–H and O–H groups in total. The Morgan fingerprint density at radius 1 is 1.11 bits per heavy atom. The molecule has 0 spiro atoms. The van der Waals surface area contributed by atoms with Gasteiger partial charge in [0, 0.05) is 11.4 Å². The number of thiazole rings is 1. The van der Waals surface area contributed by atoms with Gasteiger partial charge in [0.15, 0.2) is 5.15 Å². The van der Waals surface area contributed by atoms with E-state index in [9.17, 15) is 0 Å². The fourth-order valence-corrected chi connectivity index (χ4v) is 3.01. The summed E-state index contributed by atoms with van der Waals surface area (Å²) < 4.78 is 0. The van der Waals surface area contributed by atoms with Crippen LogP contribution in [0.2, 0.25) is 10.2 Å². The van der Waals surface area contributed by atoms with Crippen LogP contribution < -0.4 is 0 Å². The van der Waals surface area contributed by atoms with Crippen LogP contribution in [0.3, 0.4) is 0 Å². The Balaban J connectivity index is 2.01. The van der Waals surface area contributed by atoms with E-state index in [2.05, 4.69) is 15.0 Å². The molecule has 90 valence electrons. The van der Waals surface area contributed by atoms with Gasteiger partial charge in [-0.3, -0.25) is 0 Å². The normalized spacial score (nSPS) is 11.0. The zero-order chi connectivity index (χ0) is 12.5. The molecule has 0 radical (unpaired) electrons. The summed E-state index contributed by atoms with van der Waals surface area (Å²) in [5, 5.41) is 2.07. The predicted octanol–water partition coefficient (Wildman–Crippen LogP) is 3.98. The van der Waals surface area contributed by atoms with E-state index in [-0.39, 0.29) is 0 Å². The van der Waals surface area contributed by atoms with Crippen molar-refractivity contribution >= 4 is 44.9 Å². The highest BCUT2D eigenvalue weighted by atomic mass is 35.5. The average molecular weight is 296 g/mol. The Kier molecular flexibility index (Phi) is 3.16. The van der Waals surface area contributed by atoms with E-state index in [4.69, 9.17) is 23.2 Å². The molecule has 18 heavy (non-hydrogen) atoms. The van der Waals surface area contributed by atoms with Crippen molar-refractivity contribution in [2.45, 2.75) is 6.42 Å². The summed E-state index contributed by atoms with van der Waals surface area (Å²) in [5.41, 5.74) is 1.70. The molecule has 0 saturated heterocycles. The molecule has 0 saturated carbocycles. The molecule has 0 fully saturated rings. The molecule has 0 atom stereocenters. The number of aromatic nitrogens is 3. The van der Waals surface area contributed by atoms with Gasteiger partial charge in [0.2, 0.25) is 0 Å². The summed E-state index contributed by atoms with van der Waals surface area (Å²) >= 11 is 13.6. The number of halogens is 2. The van der Waals surface area contributed by atoms with Gasteiger partial charge in [-0.1, -0.05) is 52.7 Å². The molecule has 0 bridgehead atoms. The van der Waals surface area contributed by atoms with Crippen molar-refractivity contribution in [3.05, 3.63) is 51.3 Å². The molecule has 2 heterocycles. The quantitative estimate of drug-likeness (QED) is 0.671. The van der Waals surface area contributed by atoms with Gasteiger partial charge in [-0.2, -0.15) is 0 Å². The third-order valence-corrected chi connectivity index (χ3v) is 4.10. The van der Waals surface area contributed by atoms with E-state index >= 15 is 0 Å². The standard InChI is InChI=1S/C12H7Cl2N3S/c13-8-4-2-1-3-7(8)5-9-17-10-11(14)15-6-16-12(10)18-9/h1-4,6H,5H2. The molecule has 3 aromatic rings. The minimum absolute atomic E-state index is 0.390. The van der Waals surface area contributed by atoms with Crippen molar-refractivity contribution in [1.29, 1.82) is 0 Å². The van der Waals surface area contributed by atoms with Gasteiger partial charge in [0.05, 0.1) is 0 Å². The van der Waals surface area contributed by atoms with E-state index in [0.717, 1.165) is 20.4 Å². The smallest absolute Gasteiger partial charge is 0.159 e. The van der Waals surface area contributed by atoms with Crippen LogP contribution in [0.4, 0.5) is 0 Å². The summed E-state index contributed by atoms with van der Waals surface area (Å²) in [4.78, 5) is 13.3. The van der Waals surface area contributed by atoms with Crippen LogP contribution in [0.15, 0.2) is 30.6 Å². The Hall–Kier alpha value is -1.23. The Morgan fingerprint density at radius 2 is 1.94 bits per heavy atom. The highest BCUT2D eigenvalue weighted by Gasteiger charge is 2.10. The number of hydrogen-bond donors (Lipinski definition) is 0. The molecule has 0 aliphatic rings. The lowest BCUT2D eigenvalue weighted by Crippen LogP contribution is -1.88. The number of rotatable bonds is 2. The monoisotopic (exact) mass is 295 g/mol. The number of fused-ring (bicyclic) bond motifs is 1. The first-order chi connectivity index (χ1) is 8.74. The molecule has 3 nitrogen and oxygen atoms in total. The fourth-order valence-electron chi connectivity index (χ4n) is 1.65. The van der Waals surface area contributed by atoms with Crippen molar-refractivity contribution in [3.8, 4) is 0 Å². The first-order valence-electron chi connectivity index (χ1n) is 5.23. The van der Waals surface area contributed by atoms with Gasteiger partial charge in [-0.25, -0.2) is 15.0 Å². The summed E-state index contributed by atoms with van der Waals surface area (Å²) in [7, 11) is 0. The molecule has 1 aromatic carbocycles. The first-order valence-corrected chi connectivity index (χ1v) is 6.80. The lowest BCUT2D eigenvalue weighted by atomic mass is 10.2. The van der Waals surface area contributed by atoms with Crippen molar-refractivity contribution in [2.24, 2.45) is 0 Å². The predicted molar refractivity (Wildman–Crippen MR) is 74.5 cm³/mol.